The Kier molecular flexibility index (Phi) is 5.94. The van der Waals surface area contributed by atoms with Gasteiger partial charge in [-0.05, 0) is 56.7 Å². The van der Waals surface area contributed by atoms with Gasteiger partial charge in [0, 0.05) is 38.4 Å². The summed E-state index contributed by atoms with van der Waals surface area (Å²) in [6.45, 7) is 5.69. The highest BCUT2D eigenvalue weighted by atomic mass is 16.2. The van der Waals surface area contributed by atoms with Crippen molar-refractivity contribution in [3.05, 3.63) is 30.1 Å². The molecule has 1 aromatic heterocycles. The molecule has 2 fully saturated rings. The molecule has 1 saturated heterocycles. The summed E-state index contributed by atoms with van der Waals surface area (Å²) in [5, 5.41) is 3.17. The van der Waals surface area contributed by atoms with E-state index in [9.17, 15) is 4.79 Å². The van der Waals surface area contributed by atoms with Gasteiger partial charge in [0.15, 0.2) is 0 Å². The number of nitrogens with one attached hydrogen (secondary N) is 1. The first-order valence-electron chi connectivity index (χ1n) is 9.69. The number of rotatable bonds is 5. The third kappa shape index (κ3) is 4.94. The Labute approximate surface area is 151 Å². The lowest BCUT2D eigenvalue weighted by Crippen LogP contribution is -2.46. The first-order valence-corrected chi connectivity index (χ1v) is 9.69. The number of nitrogens with zero attached hydrogens (tertiary/aromatic N) is 3. The zero-order valence-corrected chi connectivity index (χ0v) is 15.7. The number of likely N-dealkylation sites (tertiary alicyclic amines) is 1. The number of amides is 2. The van der Waals surface area contributed by atoms with Crippen LogP contribution in [0.15, 0.2) is 24.4 Å². The minimum absolute atomic E-state index is 0.126. The highest BCUT2D eigenvalue weighted by Crippen LogP contribution is 2.39. The minimum Gasteiger partial charge on any atom is -0.337 e. The van der Waals surface area contributed by atoms with Gasteiger partial charge >= 0.3 is 6.03 Å². The fourth-order valence-corrected chi connectivity index (χ4v) is 3.96. The maximum Gasteiger partial charge on any atom is 0.317 e. The number of carbonyl (C=O) groups excluding carboxylic acids is 1. The Hall–Kier alpha value is -1.62. The topological polar surface area (TPSA) is 48.5 Å². The van der Waals surface area contributed by atoms with Crippen molar-refractivity contribution in [2.45, 2.75) is 58.0 Å². The van der Waals surface area contributed by atoms with Crippen LogP contribution in [0.5, 0.6) is 0 Å². The molecule has 0 bridgehead atoms. The van der Waals surface area contributed by atoms with Crippen LogP contribution >= 0.6 is 0 Å². The molecular formula is C20H32N4O. The van der Waals surface area contributed by atoms with Crippen molar-refractivity contribution in [3.8, 4) is 0 Å². The van der Waals surface area contributed by atoms with E-state index in [0.717, 1.165) is 51.1 Å². The lowest BCUT2D eigenvalue weighted by molar-refractivity contribution is 0.146. The van der Waals surface area contributed by atoms with Gasteiger partial charge in [0.25, 0.3) is 0 Å². The zero-order valence-electron chi connectivity index (χ0n) is 15.7. The van der Waals surface area contributed by atoms with E-state index in [-0.39, 0.29) is 6.03 Å². The molecule has 1 unspecified atom stereocenters. The van der Waals surface area contributed by atoms with Crippen molar-refractivity contribution in [2.24, 2.45) is 5.41 Å². The third-order valence-electron chi connectivity index (χ3n) is 5.97. The molecule has 0 aromatic carbocycles. The standard InChI is InChI=1S/C20H32N4O/c1-20(10-6-11-20)16-22-19(25)24-13-5-8-18(9-14-24)23(2)15-17-7-3-4-12-21-17/h3-4,7,12,18H,5-6,8-11,13-16H2,1-2H3,(H,22,25). The molecule has 1 aromatic rings. The Balaban J connectivity index is 1.45. The van der Waals surface area contributed by atoms with Crippen molar-refractivity contribution in [3.63, 3.8) is 0 Å². The molecule has 2 heterocycles. The molecule has 0 radical (unpaired) electrons. The fourth-order valence-electron chi connectivity index (χ4n) is 3.96. The number of hydrogen-bond donors (Lipinski definition) is 1. The van der Waals surface area contributed by atoms with Crippen LogP contribution in [0.3, 0.4) is 0 Å². The first-order chi connectivity index (χ1) is 12.1. The average molecular weight is 345 g/mol. The smallest absolute Gasteiger partial charge is 0.317 e. The van der Waals surface area contributed by atoms with Crippen molar-refractivity contribution >= 4 is 6.03 Å². The summed E-state index contributed by atoms with van der Waals surface area (Å²) in [4.78, 5) is 21.3. The second-order valence-electron chi connectivity index (χ2n) is 8.13. The molecule has 3 rings (SSSR count). The summed E-state index contributed by atoms with van der Waals surface area (Å²) in [6, 6.07) is 6.71. The van der Waals surface area contributed by atoms with Gasteiger partial charge in [-0.2, -0.15) is 0 Å². The zero-order chi connectivity index (χ0) is 17.7. The van der Waals surface area contributed by atoms with Crippen molar-refractivity contribution in [1.29, 1.82) is 0 Å². The Morgan fingerprint density at radius 3 is 2.84 bits per heavy atom. The summed E-state index contributed by atoms with van der Waals surface area (Å²) in [5.74, 6) is 0. The molecule has 138 valence electrons. The van der Waals surface area contributed by atoms with Crippen LogP contribution in [0.4, 0.5) is 4.79 Å². The summed E-state index contributed by atoms with van der Waals surface area (Å²) >= 11 is 0. The van der Waals surface area contributed by atoms with Crippen molar-refractivity contribution in [2.75, 3.05) is 26.7 Å². The molecule has 1 atom stereocenters. The maximum atomic E-state index is 12.5. The monoisotopic (exact) mass is 344 g/mol. The number of carbonyl (C=O) groups is 1. The second-order valence-corrected chi connectivity index (χ2v) is 8.13. The molecule has 1 aliphatic heterocycles. The number of hydrogen-bond acceptors (Lipinski definition) is 3. The Morgan fingerprint density at radius 2 is 2.16 bits per heavy atom. The molecular weight excluding hydrogens is 312 g/mol. The van der Waals surface area contributed by atoms with E-state index in [1.54, 1.807) is 0 Å². The number of pyridine rings is 1. The molecule has 5 heteroatoms. The van der Waals surface area contributed by atoms with Crippen LogP contribution < -0.4 is 5.32 Å². The summed E-state index contributed by atoms with van der Waals surface area (Å²) < 4.78 is 0. The average Bonchev–Trinajstić information content (AvgIpc) is 2.85. The van der Waals surface area contributed by atoms with Crippen LogP contribution in [0.2, 0.25) is 0 Å². The van der Waals surface area contributed by atoms with Gasteiger partial charge in [0.2, 0.25) is 0 Å². The first kappa shape index (κ1) is 18.2. The molecule has 1 saturated carbocycles. The molecule has 2 aliphatic rings. The van der Waals surface area contributed by atoms with Crippen LogP contribution in [0, 0.1) is 5.41 Å². The molecule has 0 spiro atoms. The largest absolute Gasteiger partial charge is 0.337 e. The molecule has 5 nitrogen and oxygen atoms in total. The van der Waals surface area contributed by atoms with Crippen LogP contribution in [-0.2, 0) is 6.54 Å². The predicted octanol–water partition coefficient (Wildman–Crippen LogP) is 3.27. The SMILES string of the molecule is CN(Cc1ccccn1)C1CCCN(C(=O)NCC2(C)CCC2)CC1. The van der Waals surface area contributed by atoms with E-state index in [1.807, 2.05) is 23.2 Å². The second kappa shape index (κ2) is 8.17. The lowest BCUT2D eigenvalue weighted by atomic mass is 9.70. The normalized spacial score (nSPS) is 23.0. The minimum atomic E-state index is 0.126. The van der Waals surface area contributed by atoms with E-state index in [1.165, 1.54) is 19.3 Å². The fraction of sp³-hybridized carbons (Fsp3) is 0.700. The van der Waals surface area contributed by atoms with E-state index in [0.29, 0.717) is 11.5 Å². The molecule has 1 N–H and O–H groups in total. The number of aromatic nitrogens is 1. The highest BCUT2D eigenvalue weighted by molar-refractivity contribution is 5.74. The maximum absolute atomic E-state index is 12.5. The Morgan fingerprint density at radius 1 is 1.32 bits per heavy atom. The Bertz CT molecular complexity index is 558. The summed E-state index contributed by atoms with van der Waals surface area (Å²) in [6.07, 6.45) is 8.90. The van der Waals surface area contributed by atoms with Crippen LogP contribution in [0.1, 0.15) is 51.1 Å². The molecule has 25 heavy (non-hydrogen) atoms. The van der Waals surface area contributed by atoms with E-state index >= 15 is 0 Å². The van der Waals surface area contributed by atoms with E-state index in [4.69, 9.17) is 0 Å². The van der Waals surface area contributed by atoms with E-state index in [2.05, 4.69) is 35.2 Å². The van der Waals surface area contributed by atoms with Crippen molar-refractivity contribution in [1.82, 2.24) is 20.1 Å². The van der Waals surface area contributed by atoms with Gasteiger partial charge in [0.05, 0.1) is 5.69 Å². The summed E-state index contributed by atoms with van der Waals surface area (Å²) in [7, 11) is 2.17. The van der Waals surface area contributed by atoms with Gasteiger partial charge in [0.1, 0.15) is 0 Å². The van der Waals surface area contributed by atoms with Crippen molar-refractivity contribution < 1.29 is 4.79 Å². The lowest BCUT2D eigenvalue weighted by Gasteiger charge is -2.39. The predicted molar refractivity (Wildman–Crippen MR) is 100 cm³/mol. The quantitative estimate of drug-likeness (QED) is 0.892. The summed E-state index contributed by atoms with van der Waals surface area (Å²) in [5.41, 5.74) is 1.45. The van der Waals surface area contributed by atoms with Gasteiger partial charge in [-0.25, -0.2) is 4.79 Å². The van der Waals surface area contributed by atoms with E-state index < -0.39 is 0 Å². The number of urea groups is 1. The van der Waals surface area contributed by atoms with Crippen LogP contribution in [0.25, 0.3) is 0 Å². The van der Waals surface area contributed by atoms with Gasteiger partial charge in [-0.15, -0.1) is 0 Å². The molecule has 1 aliphatic carbocycles. The highest BCUT2D eigenvalue weighted by Gasteiger charge is 2.32. The van der Waals surface area contributed by atoms with Gasteiger partial charge in [-0.3, -0.25) is 9.88 Å². The van der Waals surface area contributed by atoms with Crippen LogP contribution in [-0.4, -0.2) is 53.5 Å². The molecule has 2 amide bonds. The van der Waals surface area contributed by atoms with Gasteiger partial charge < -0.3 is 10.2 Å². The van der Waals surface area contributed by atoms with Gasteiger partial charge in [-0.1, -0.05) is 19.4 Å². The third-order valence-corrected chi connectivity index (χ3v) is 5.97.